The van der Waals surface area contributed by atoms with E-state index in [1.54, 1.807) is 13.0 Å². The SMILES string of the molecule is Cc1ccc(F)c(C(=O)NC2CCC(=O)NC2=O)c1. The van der Waals surface area contributed by atoms with Crippen LogP contribution in [0.3, 0.4) is 0 Å². The molecule has 0 bridgehead atoms. The van der Waals surface area contributed by atoms with Crippen LogP contribution in [0.5, 0.6) is 0 Å². The van der Waals surface area contributed by atoms with E-state index in [-0.39, 0.29) is 24.3 Å². The molecular formula is C13H13FN2O3. The van der Waals surface area contributed by atoms with Gasteiger partial charge < -0.3 is 5.32 Å². The molecule has 1 fully saturated rings. The monoisotopic (exact) mass is 264 g/mol. The number of hydrogen-bond acceptors (Lipinski definition) is 3. The fourth-order valence-corrected chi connectivity index (χ4v) is 1.88. The summed E-state index contributed by atoms with van der Waals surface area (Å²) >= 11 is 0. The van der Waals surface area contributed by atoms with Gasteiger partial charge in [0.15, 0.2) is 0 Å². The molecule has 6 heteroatoms. The normalized spacial score (nSPS) is 18.9. The second kappa shape index (κ2) is 5.17. The second-order valence-corrected chi connectivity index (χ2v) is 4.46. The van der Waals surface area contributed by atoms with Gasteiger partial charge in [-0.1, -0.05) is 11.6 Å². The average Bonchev–Trinajstić information content (AvgIpc) is 2.35. The lowest BCUT2D eigenvalue weighted by Gasteiger charge is -2.21. The first-order valence-corrected chi connectivity index (χ1v) is 5.88. The molecule has 5 nitrogen and oxygen atoms in total. The fraction of sp³-hybridized carbons (Fsp3) is 0.308. The molecule has 0 spiro atoms. The highest BCUT2D eigenvalue weighted by molar-refractivity contribution is 6.03. The highest BCUT2D eigenvalue weighted by Gasteiger charge is 2.28. The molecule has 1 saturated heterocycles. The first kappa shape index (κ1) is 13.2. The topological polar surface area (TPSA) is 75.3 Å². The minimum Gasteiger partial charge on any atom is -0.340 e. The van der Waals surface area contributed by atoms with Crippen molar-refractivity contribution in [3.8, 4) is 0 Å². The molecule has 1 unspecified atom stereocenters. The van der Waals surface area contributed by atoms with Gasteiger partial charge in [0.05, 0.1) is 5.56 Å². The van der Waals surface area contributed by atoms with Gasteiger partial charge in [0.2, 0.25) is 11.8 Å². The number of carbonyl (C=O) groups excluding carboxylic acids is 3. The molecule has 2 rings (SSSR count). The molecule has 19 heavy (non-hydrogen) atoms. The van der Waals surface area contributed by atoms with Gasteiger partial charge in [-0.25, -0.2) is 4.39 Å². The highest BCUT2D eigenvalue weighted by atomic mass is 19.1. The van der Waals surface area contributed by atoms with Gasteiger partial charge >= 0.3 is 0 Å². The number of carbonyl (C=O) groups is 3. The van der Waals surface area contributed by atoms with E-state index in [9.17, 15) is 18.8 Å². The average molecular weight is 264 g/mol. The summed E-state index contributed by atoms with van der Waals surface area (Å²) in [6, 6.07) is 3.37. The third kappa shape index (κ3) is 2.96. The highest BCUT2D eigenvalue weighted by Crippen LogP contribution is 2.11. The van der Waals surface area contributed by atoms with Crippen LogP contribution in [0.1, 0.15) is 28.8 Å². The Morgan fingerprint density at radius 3 is 2.84 bits per heavy atom. The molecule has 100 valence electrons. The predicted octanol–water partition coefficient (Wildman–Crippen LogP) is 0.669. The lowest BCUT2D eigenvalue weighted by molar-refractivity contribution is -0.134. The standard InChI is InChI=1S/C13H13FN2O3/c1-7-2-3-9(14)8(6-7)12(18)15-10-4-5-11(17)16-13(10)19/h2-3,6,10H,4-5H2,1H3,(H,15,18)(H,16,17,19). The molecular weight excluding hydrogens is 251 g/mol. The molecule has 1 aliphatic rings. The summed E-state index contributed by atoms with van der Waals surface area (Å²) in [5, 5.41) is 4.56. The van der Waals surface area contributed by atoms with E-state index in [2.05, 4.69) is 10.6 Å². The Labute approximate surface area is 109 Å². The van der Waals surface area contributed by atoms with E-state index in [1.165, 1.54) is 12.1 Å². The first-order chi connectivity index (χ1) is 8.97. The maximum atomic E-state index is 13.5. The Morgan fingerprint density at radius 1 is 1.42 bits per heavy atom. The van der Waals surface area contributed by atoms with Crippen molar-refractivity contribution in [1.82, 2.24) is 10.6 Å². The lowest BCUT2D eigenvalue weighted by Crippen LogP contribution is -2.52. The van der Waals surface area contributed by atoms with Crippen LogP contribution in [0.25, 0.3) is 0 Å². The van der Waals surface area contributed by atoms with Gasteiger partial charge in [0.1, 0.15) is 11.9 Å². The Morgan fingerprint density at radius 2 is 2.16 bits per heavy atom. The maximum Gasteiger partial charge on any atom is 0.254 e. The van der Waals surface area contributed by atoms with Crippen LogP contribution in [-0.4, -0.2) is 23.8 Å². The molecule has 0 aromatic heterocycles. The third-order valence-corrected chi connectivity index (χ3v) is 2.91. The van der Waals surface area contributed by atoms with Crippen molar-refractivity contribution in [2.45, 2.75) is 25.8 Å². The molecule has 1 heterocycles. The number of aryl methyl sites for hydroxylation is 1. The summed E-state index contributed by atoms with van der Waals surface area (Å²) in [4.78, 5) is 34.3. The Bertz CT molecular complexity index is 557. The summed E-state index contributed by atoms with van der Waals surface area (Å²) in [5.74, 6) is -2.22. The van der Waals surface area contributed by atoms with Gasteiger partial charge in [0, 0.05) is 6.42 Å². The van der Waals surface area contributed by atoms with Gasteiger partial charge in [-0.05, 0) is 25.5 Å². The summed E-state index contributed by atoms with van der Waals surface area (Å²) in [6.45, 7) is 1.74. The molecule has 1 atom stereocenters. The molecule has 0 radical (unpaired) electrons. The van der Waals surface area contributed by atoms with E-state index in [4.69, 9.17) is 0 Å². The van der Waals surface area contributed by atoms with Crippen LogP contribution >= 0.6 is 0 Å². The van der Waals surface area contributed by atoms with Crippen LogP contribution in [0, 0.1) is 12.7 Å². The van der Waals surface area contributed by atoms with E-state index in [1.807, 2.05) is 0 Å². The first-order valence-electron chi connectivity index (χ1n) is 5.88. The Kier molecular flexibility index (Phi) is 3.59. The van der Waals surface area contributed by atoms with Crippen molar-refractivity contribution in [3.05, 3.63) is 35.1 Å². The minimum atomic E-state index is -0.801. The fourth-order valence-electron chi connectivity index (χ4n) is 1.88. The maximum absolute atomic E-state index is 13.5. The number of nitrogens with one attached hydrogen (secondary N) is 2. The Balaban J connectivity index is 2.11. The zero-order chi connectivity index (χ0) is 14.0. The smallest absolute Gasteiger partial charge is 0.254 e. The predicted molar refractivity (Wildman–Crippen MR) is 64.8 cm³/mol. The molecule has 3 amide bonds. The second-order valence-electron chi connectivity index (χ2n) is 4.46. The van der Waals surface area contributed by atoms with E-state index < -0.39 is 23.7 Å². The van der Waals surface area contributed by atoms with Crippen LogP contribution in [0.15, 0.2) is 18.2 Å². The quantitative estimate of drug-likeness (QED) is 0.771. The zero-order valence-corrected chi connectivity index (χ0v) is 10.3. The summed E-state index contributed by atoms with van der Waals surface area (Å²) < 4.78 is 13.5. The zero-order valence-electron chi connectivity index (χ0n) is 10.3. The van der Waals surface area contributed by atoms with Crippen molar-refractivity contribution >= 4 is 17.7 Å². The lowest BCUT2D eigenvalue weighted by atomic mass is 10.0. The third-order valence-electron chi connectivity index (χ3n) is 2.91. The van der Waals surface area contributed by atoms with E-state index >= 15 is 0 Å². The molecule has 0 aliphatic carbocycles. The van der Waals surface area contributed by atoms with E-state index in [0.717, 1.165) is 5.56 Å². The number of amides is 3. The van der Waals surface area contributed by atoms with Crippen LogP contribution in [0.4, 0.5) is 4.39 Å². The molecule has 2 N–H and O–H groups in total. The number of rotatable bonds is 2. The van der Waals surface area contributed by atoms with Crippen molar-refractivity contribution in [1.29, 1.82) is 0 Å². The summed E-state index contributed by atoms with van der Waals surface area (Å²) in [7, 11) is 0. The van der Waals surface area contributed by atoms with Crippen LogP contribution < -0.4 is 10.6 Å². The van der Waals surface area contributed by atoms with Crippen LogP contribution in [-0.2, 0) is 9.59 Å². The molecule has 1 aromatic carbocycles. The van der Waals surface area contributed by atoms with Gasteiger partial charge in [-0.15, -0.1) is 0 Å². The van der Waals surface area contributed by atoms with E-state index in [0.29, 0.717) is 0 Å². The van der Waals surface area contributed by atoms with Gasteiger partial charge in [-0.3, -0.25) is 19.7 Å². The molecule has 1 aliphatic heterocycles. The van der Waals surface area contributed by atoms with Gasteiger partial charge in [-0.2, -0.15) is 0 Å². The Hall–Kier alpha value is -2.24. The minimum absolute atomic E-state index is 0.107. The number of piperidine rings is 1. The van der Waals surface area contributed by atoms with Crippen molar-refractivity contribution in [2.24, 2.45) is 0 Å². The number of halogens is 1. The summed E-state index contributed by atoms with van der Waals surface area (Å²) in [6.07, 6.45) is 0.386. The molecule has 0 saturated carbocycles. The largest absolute Gasteiger partial charge is 0.340 e. The van der Waals surface area contributed by atoms with Crippen molar-refractivity contribution < 1.29 is 18.8 Å². The van der Waals surface area contributed by atoms with Crippen molar-refractivity contribution in [2.75, 3.05) is 0 Å². The van der Waals surface area contributed by atoms with Crippen LogP contribution in [0.2, 0.25) is 0 Å². The number of benzene rings is 1. The van der Waals surface area contributed by atoms with Crippen molar-refractivity contribution in [3.63, 3.8) is 0 Å². The van der Waals surface area contributed by atoms with Gasteiger partial charge in [0.25, 0.3) is 5.91 Å². The number of imide groups is 1. The molecule has 1 aromatic rings. The summed E-state index contributed by atoms with van der Waals surface area (Å²) in [5.41, 5.74) is 0.638. The number of hydrogen-bond donors (Lipinski definition) is 2.